The van der Waals surface area contributed by atoms with Crippen LogP contribution in [0.1, 0.15) is 187 Å². The molecule has 3 fully saturated rings. The van der Waals surface area contributed by atoms with Gasteiger partial charge in [0.15, 0.2) is 0 Å². The van der Waals surface area contributed by atoms with Crippen molar-refractivity contribution in [3.8, 4) is 23.0 Å². The molecule has 0 saturated heterocycles. The lowest BCUT2D eigenvalue weighted by atomic mass is 9.83. The van der Waals surface area contributed by atoms with Crippen molar-refractivity contribution in [2.24, 2.45) is 10.8 Å². The maximum absolute atomic E-state index is 15.4. The average molecular weight is 1900 g/mol. The van der Waals surface area contributed by atoms with Crippen molar-refractivity contribution in [2.45, 2.75) is 179 Å². The molecule has 0 heterocycles. The van der Waals surface area contributed by atoms with Crippen LogP contribution in [0, 0.1) is 10.8 Å². The first-order chi connectivity index (χ1) is 68.5. The summed E-state index contributed by atoms with van der Waals surface area (Å²) in [5.41, 5.74) is 3.66. The highest BCUT2D eigenvalue weighted by Crippen LogP contribution is 2.48. The van der Waals surface area contributed by atoms with Crippen molar-refractivity contribution in [3.05, 3.63) is 360 Å². The molecule has 3 aliphatic rings. The monoisotopic (exact) mass is 1900 g/mol. The molecule has 728 valence electrons. The highest BCUT2D eigenvalue weighted by molar-refractivity contribution is 6.00. The van der Waals surface area contributed by atoms with Gasteiger partial charge in [0.05, 0.1) is 88.4 Å². The Balaban J connectivity index is 0.000000162. The van der Waals surface area contributed by atoms with Crippen molar-refractivity contribution in [3.63, 3.8) is 0 Å². The molecule has 3 aliphatic carbocycles. The number of amides is 6. The molecule has 0 aromatic heterocycles. The second-order valence-corrected chi connectivity index (χ2v) is 39.7. The quantitative estimate of drug-likeness (QED) is 0.0272. The van der Waals surface area contributed by atoms with E-state index in [1.165, 1.54) is 0 Å². The van der Waals surface area contributed by atoms with Gasteiger partial charge in [0.2, 0.25) is 0 Å². The molecule has 142 heavy (non-hydrogen) atoms. The molecule has 22 nitrogen and oxygen atoms in total. The molecule has 22 heteroatoms. The molecule has 3 unspecified atom stereocenters. The molecule has 0 spiro atoms. The molecule has 6 amide bonds. The van der Waals surface area contributed by atoms with Gasteiger partial charge in [-0.3, -0.25) is 60.0 Å². The third-order valence-electron chi connectivity index (χ3n) is 28.6. The van der Waals surface area contributed by atoms with Gasteiger partial charge >= 0.3 is 0 Å². The molecular weight excluding hydrogens is 1780 g/mol. The van der Waals surface area contributed by atoms with Crippen LogP contribution in [0.3, 0.4) is 0 Å². The number of methoxy groups -OCH3 is 4. The van der Waals surface area contributed by atoms with Crippen molar-refractivity contribution in [1.82, 2.24) is 30.4 Å². The van der Waals surface area contributed by atoms with E-state index >= 15 is 9.59 Å². The van der Waals surface area contributed by atoms with Crippen LogP contribution in [0.2, 0.25) is 0 Å². The molecule has 16 aromatic carbocycles. The van der Waals surface area contributed by atoms with E-state index in [0.717, 1.165) is 164 Å². The first-order valence-electron chi connectivity index (χ1n) is 48.9. The smallest absolute Gasteiger partial charge is 0.258 e. The van der Waals surface area contributed by atoms with Crippen LogP contribution in [0.4, 0.5) is 0 Å². The fourth-order valence-electron chi connectivity index (χ4n) is 21.1. The Kier molecular flexibility index (Phi) is 29.8. The highest BCUT2D eigenvalue weighted by atomic mass is 16.5. The molecule has 0 aliphatic heterocycles. The molecule has 0 bridgehead atoms. The van der Waals surface area contributed by atoms with Crippen molar-refractivity contribution in [1.29, 1.82) is 0 Å². The minimum absolute atomic E-state index is 0.316. The topological polar surface area (TPSA) is 280 Å². The van der Waals surface area contributed by atoms with Crippen LogP contribution in [-0.4, -0.2) is 162 Å². The minimum Gasteiger partial charge on any atom is -0.496 e. The fraction of sp³-hybridized carbons (Fsp3) is 0.283. The van der Waals surface area contributed by atoms with Gasteiger partial charge < -0.3 is 18.9 Å². The number of rotatable bonds is 22. The molecule has 3 saturated carbocycles. The van der Waals surface area contributed by atoms with Gasteiger partial charge in [0.1, 0.15) is 23.0 Å². The van der Waals surface area contributed by atoms with E-state index in [9.17, 15) is 50.4 Å². The summed E-state index contributed by atoms with van der Waals surface area (Å²) < 4.78 is 23.9. The number of carbonyl (C=O) groups excluding carboxylic acids is 6. The fourth-order valence-corrected chi connectivity index (χ4v) is 21.1. The number of nitrogens with zero attached hydrogens (tertiary/aromatic N) is 6. The Morgan fingerprint density at radius 3 is 0.570 bits per heavy atom. The maximum atomic E-state index is 15.4. The van der Waals surface area contributed by atoms with Gasteiger partial charge in [-0.15, -0.1) is 0 Å². The summed E-state index contributed by atoms with van der Waals surface area (Å²) in [6.07, 6.45) is 7.11. The summed E-state index contributed by atoms with van der Waals surface area (Å²) in [6.45, 7) is 10.4. The minimum atomic E-state index is -1.12. The van der Waals surface area contributed by atoms with Gasteiger partial charge in [0, 0.05) is 33.1 Å². The standard InChI is InChI=1S/C54H50N2O8.C50H42N2O4.C16H30N2O4/c1-61-47-29-37-19-9-5-15-33(37)25-41(47)51(42-26-34-16-6-10-20-38(34)30-48(42)62-2)53(57)55(59)45-23-13-14-24-46(45)56(60)54(58)52(43-27-35-17-7-11-21-39(35)31-49(43)63-3)44-28-36-18-8-12-22-40(36)32-50(44)64-4;53-49(47(41-25-21-33-11-1-5-15-37(33)29-41)42-26-22-34-12-2-6-16-38(34)30-42)51(55)45-19-9-10-20-46(45)52(56)50(54)48(43-27-23-35-13-3-7-17-39(35)31-43)44-28-24-36-14-4-8-18-40(36)32-44;1-15(2,3)13(19)17(21)11-9-7-8-10-12(11)18(22)14(20)16(4,5)6/h5-12,15-22,25-32,45-46,51-52,59-60H,13-14,23-24H2,1-4H3;1-8,11-18,21-32,45-48,55-56H,9-10,19-20H2;11-12,21-22H,7-10H2,1-6H3/t2*45-,46?;11-,12?/m111/s1. The number of hydroxylamine groups is 12. The Morgan fingerprint density at radius 1 is 0.225 bits per heavy atom. The zero-order chi connectivity index (χ0) is 100.0. The van der Waals surface area contributed by atoms with E-state index in [4.69, 9.17) is 18.9 Å². The zero-order valence-electron chi connectivity index (χ0n) is 81.7. The number of hydrogen-bond donors (Lipinski definition) is 6. The first-order valence-corrected chi connectivity index (χ1v) is 48.9. The van der Waals surface area contributed by atoms with Gasteiger partial charge in [0.25, 0.3) is 35.4 Å². The van der Waals surface area contributed by atoms with Gasteiger partial charge in [-0.25, -0.2) is 30.4 Å². The molecule has 6 atom stereocenters. The van der Waals surface area contributed by atoms with Crippen molar-refractivity contribution in [2.75, 3.05) is 28.4 Å². The molecule has 19 rings (SSSR count). The second kappa shape index (κ2) is 42.8. The van der Waals surface area contributed by atoms with E-state index in [0.29, 0.717) is 96.6 Å². The van der Waals surface area contributed by atoms with Crippen LogP contribution < -0.4 is 18.9 Å². The van der Waals surface area contributed by atoms with E-state index < -0.39 is 106 Å². The Morgan fingerprint density at radius 2 is 0.387 bits per heavy atom. The Labute approximate surface area is 826 Å². The largest absolute Gasteiger partial charge is 0.496 e. The van der Waals surface area contributed by atoms with Crippen LogP contribution in [-0.2, 0) is 28.8 Å². The number of hydrogen-bond acceptors (Lipinski definition) is 16. The van der Waals surface area contributed by atoms with Gasteiger partial charge in [-0.2, -0.15) is 0 Å². The number of fused-ring (bicyclic) bond motifs is 8. The summed E-state index contributed by atoms with van der Waals surface area (Å²) in [4.78, 5) is 85.2. The Bertz CT molecular complexity index is 6610. The average Bonchev–Trinajstić information content (AvgIpc) is 0.753. The van der Waals surface area contributed by atoms with Crippen LogP contribution >= 0.6 is 0 Å². The molecule has 0 radical (unpaired) electrons. The number of benzene rings is 16. The van der Waals surface area contributed by atoms with E-state index in [1.54, 1.807) is 70.0 Å². The predicted octanol–water partition coefficient (Wildman–Crippen LogP) is 24.9. The summed E-state index contributed by atoms with van der Waals surface area (Å²) in [7, 11) is 6.23. The molecule has 6 N–H and O–H groups in total. The first kappa shape index (κ1) is 99.0. The normalized spacial score (nSPS) is 16.7. The van der Waals surface area contributed by atoms with Crippen LogP contribution in [0.5, 0.6) is 23.0 Å². The maximum Gasteiger partial charge on any atom is 0.258 e. The third kappa shape index (κ3) is 20.7. The lowest BCUT2D eigenvalue weighted by Gasteiger charge is -2.42. The second-order valence-electron chi connectivity index (χ2n) is 39.7. The van der Waals surface area contributed by atoms with E-state index in [-0.39, 0.29) is 0 Å². The summed E-state index contributed by atoms with van der Waals surface area (Å²) in [6, 6.07) is 97.6. The van der Waals surface area contributed by atoms with E-state index in [2.05, 4.69) is 0 Å². The number of carbonyl (C=O) groups is 6. The van der Waals surface area contributed by atoms with E-state index in [1.807, 2.05) is 315 Å². The lowest BCUT2D eigenvalue weighted by molar-refractivity contribution is -0.221. The van der Waals surface area contributed by atoms with Crippen molar-refractivity contribution < 1.29 is 79.0 Å². The van der Waals surface area contributed by atoms with Crippen LogP contribution in [0.15, 0.2) is 315 Å². The van der Waals surface area contributed by atoms with Crippen molar-refractivity contribution >= 4 is 122 Å². The van der Waals surface area contributed by atoms with Crippen LogP contribution in [0.25, 0.3) is 86.2 Å². The van der Waals surface area contributed by atoms with Gasteiger partial charge in [-0.05, 0) is 195 Å². The lowest BCUT2D eigenvalue weighted by Crippen LogP contribution is -2.57. The molecular formula is C120H122N6O16. The highest BCUT2D eigenvalue weighted by Gasteiger charge is 2.48. The van der Waals surface area contributed by atoms with Gasteiger partial charge in [-0.1, -0.05) is 347 Å². The summed E-state index contributed by atoms with van der Waals surface area (Å²) in [5.74, 6) is -5.22. The zero-order valence-corrected chi connectivity index (χ0v) is 81.7. The molecule has 16 aromatic rings. The predicted molar refractivity (Wildman–Crippen MR) is 554 cm³/mol. The summed E-state index contributed by atoms with van der Waals surface area (Å²) in [5, 5.41) is 89.7. The Hall–Kier alpha value is -14.6. The number of ether oxygens (including phenoxy) is 4. The third-order valence-corrected chi connectivity index (χ3v) is 28.6. The SMILES string of the molecule is CC(C)(C)C(=O)N(O)C1CCCC[C@H]1N(O)C(=O)C(C)(C)C.COc1cc2ccccc2cc1C(C(=O)N(O)C1CCCC[C@H]1N(O)C(=O)C(c1cc2ccccc2cc1OC)c1cc2ccccc2cc1OC)c1cc2ccccc2cc1OC.O=C(C(c1ccc2ccccc2c1)c1ccc2ccccc2c1)N(O)C1CCCC[C@H]1N(O)C(=O)C(c1ccc2ccccc2c1)c1ccc2ccccc2c1. The summed E-state index contributed by atoms with van der Waals surface area (Å²) >= 11 is 0.